The van der Waals surface area contributed by atoms with Crippen molar-refractivity contribution in [3.05, 3.63) is 45.9 Å². The summed E-state index contributed by atoms with van der Waals surface area (Å²) in [6.07, 6.45) is 2.54. The summed E-state index contributed by atoms with van der Waals surface area (Å²) in [7, 11) is 0. The van der Waals surface area contributed by atoms with Crippen LogP contribution in [-0.4, -0.2) is 17.3 Å². The van der Waals surface area contributed by atoms with Crippen LogP contribution in [0.3, 0.4) is 0 Å². The molecule has 0 saturated carbocycles. The van der Waals surface area contributed by atoms with E-state index in [9.17, 15) is 4.79 Å². The van der Waals surface area contributed by atoms with E-state index in [0.29, 0.717) is 6.42 Å². The van der Waals surface area contributed by atoms with Crippen molar-refractivity contribution < 1.29 is 4.79 Å². The molecule has 0 spiro atoms. The highest BCUT2D eigenvalue weighted by atomic mass is 32.1. The Balaban J connectivity index is 1.90. The zero-order chi connectivity index (χ0) is 12.5. The summed E-state index contributed by atoms with van der Waals surface area (Å²) < 4.78 is 0. The first-order valence-corrected chi connectivity index (χ1v) is 6.84. The first kappa shape index (κ1) is 11.4. The van der Waals surface area contributed by atoms with Crippen LogP contribution in [0.4, 0.5) is 5.69 Å². The molecule has 0 atom stereocenters. The topological polar surface area (TPSA) is 33.2 Å². The SMILES string of the molecule is Cc1ncc(CN2CCC(=O)c3ccccc32)s1. The number of hydrogen-bond acceptors (Lipinski definition) is 4. The van der Waals surface area contributed by atoms with Crippen LogP contribution in [0, 0.1) is 6.92 Å². The molecular weight excluding hydrogens is 244 g/mol. The fraction of sp³-hybridized carbons (Fsp3) is 0.286. The highest BCUT2D eigenvalue weighted by molar-refractivity contribution is 7.11. The highest BCUT2D eigenvalue weighted by Gasteiger charge is 2.22. The molecule has 0 saturated heterocycles. The molecule has 92 valence electrons. The number of thiazole rings is 1. The van der Waals surface area contributed by atoms with Crippen molar-refractivity contribution in [3.63, 3.8) is 0 Å². The summed E-state index contributed by atoms with van der Waals surface area (Å²) in [4.78, 5) is 19.6. The Hall–Kier alpha value is -1.68. The number of aromatic nitrogens is 1. The van der Waals surface area contributed by atoms with Gasteiger partial charge in [0.2, 0.25) is 0 Å². The third-order valence-corrected chi connectivity index (χ3v) is 4.07. The van der Waals surface area contributed by atoms with Gasteiger partial charge in [-0.1, -0.05) is 12.1 Å². The number of nitrogens with zero attached hydrogens (tertiary/aromatic N) is 2. The summed E-state index contributed by atoms with van der Waals surface area (Å²) >= 11 is 1.72. The molecule has 0 N–H and O–H groups in total. The lowest BCUT2D eigenvalue weighted by molar-refractivity contribution is 0.0979. The van der Waals surface area contributed by atoms with Crippen molar-refractivity contribution in [1.29, 1.82) is 0 Å². The number of rotatable bonds is 2. The summed E-state index contributed by atoms with van der Waals surface area (Å²) in [5.74, 6) is 0.252. The van der Waals surface area contributed by atoms with E-state index in [4.69, 9.17) is 0 Å². The molecule has 2 aromatic rings. The molecule has 3 rings (SSSR count). The van der Waals surface area contributed by atoms with E-state index in [0.717, 1.165) is 29.3 Å². The number of Topliss-reactive ketones (excluding diaryl/α,β-unsaturated/α-hetero) is 1. The molecule has 1 aromatic carbocycles. The monoisotopic (exact) mass is 258 g/mol. The van der Waals surface area contributed by atoms with Crippen LogP contribution in [0.5, 0.6) is 0 Å². The van der Waals surface area contributed by atoms with Gasteiger partial charge in [-0.25, -0.2) is 4.98 Å². The Morgan fingerprint density at radius 1 is 1.39 bits per heavy atom. The number of para-hydroxylation sites is 1. The maximum absolute atomic E-state index is 11.9. The molecule has 3 nitrogen and oxygen atoms in total. The highest BCUT2D eigenvalue weighted by Crippen LogP contribution is 2.28. The number of carbonyl (C=O) groups is 1. The Labute approximate surface area is 110 Å². The summed E-state index contributed by atoms with van der Waals surface area (Å²) in [6, 6.07) is 7.86. The van der Waals surface area contributed by atoms with E-state index in [1.54, 1.807) is 11.3 Å². The van der Waals surface area contributed by atoms with Crippen LogP contribution >= 0.6 is 11.3 Å². The van der Waals surface area contributed by atoms with Gasteiger partial charge in [-0.05, 0) is 19.1 Å². The second-order valence-corrected chi connectivity index (χ2v) is 5.78. The lowest BCUT2D eigenvalue weighted by atomic mass is 10.0. The zero-order valence-corrected chi connectivity index (χ0v) is 11.0. The van der Waals surface area contributed by atoms with Crippen LogP contribution in [-0.2, 0) is 6.54 Å². The number of anilines is 1. The zero-order valence-electron chi connectivity index (χ0n) is 10.2. The lowest BCUT2D eigenvalue weighted by Crippen LogP contribution is -2.31. The molecule has 4 heteroatoms. The van der Waals surface area contributed by atoms with Crippen LogP contribution < -0.4 is 4.90 Å². The van der Waals surface area contributed by atoms with Gasteiger partial charge in [-0.3, -0.25) is 4.79 Å². The van der Waals surface area contributed by atoms with Gasteiger partial charge in [-0.15, -0.1) is 11.3 Å². The molecular formula is C14H14N2OS. The predicted molar refractivity (Wildman–Crippen MR) is 73.3 cm³/mol. The number of aryl methyl sites for hydroxylation is 1. The van der Waals surface area contributed by atoms with Crippen LogP contribution in [0.1, 0.15) is 26.7 Å². The maximum atomic E-state index is 11.9. The third kappa shape index (κ3) is 2.04. The Bertz CT molecular complexity index is 591. The van der Waals surface area contributed by atoms with Gasteiger partial charge in [0.05, 0.1) is 11.6 Å². The number of fused-ring (bicyclic) bond motifs is 1. The molecule has 1 aromatic heterocycles. The number of ketones is 1. The number of carbonyl (C=O) groups excluding carboxylic acids is 1. The molecule has 0 fully saturated rings. The lowest BCUT2D eigenvalue weighted by Gasteiger charge is -2.29. The quantitative estimate of drug-likeness (QED) is 0.830. The average molecular weight is 258 g/mol. The first-order valence-electron chi connectivity index (χ1n) is 6.02. The van der Waals surface area contributed by atoms with Crippen molar-refractivity contribution in [1.82, 2.24) is 4.98 Å². The van der Waals surface area contributed by atoms with Gasteiger partial charge in [0.1, 0.15) is 0 Å². The molecule has 0 amide bonds. The van der Waals surface area contributed by atoms with Crippen LogP contribution in [0.2, 0.25) is 0 Å². The van der Waals surface area contributed by atoms with Crippen LogP contribution in [0.25, 0.3) is 0 Å². The van der Waals surface area contributed by atoms with Crippen molar-refractivity contribution >= 4 is 22.8 Å². The fourth-order valence-corrected chi connectivity index (χ4v) is 3.12. The van der Waals surface area contributed by atoms with Gasteiger partial charge in [0.25, 0.3) is 0 Å². The smallest absolute Gasteiger partial charge is 0.166 e. The maximum Gasteiger partial charge on any atom is 0.166 e. The Kier molecular flexibility index (Phi) is 2.88. The Morgan fingerprint density at radius 3 is 3.00 bits per heavy atom. The molecule has 2 heterocycles. The van der Waals surface area contributed by atoms with Crippen molar-refractivity contribution in [2.45, 2.75) is 19.9 Å². The standard InChI is InChI=1S/C14H14N2OS/c1-10-15-8-11(18-10)9-16-7-6-14(17)12-4-2-3-5-13(12)16/h2-5,8H,6-7,9H2,1H3. The second kappa shape index (κ2) is 4.53. The van der Waals surface area contributed by atoms with Crippen molar-refractivity contribution in [2.75, 3.05) is 11.4 Å². The summed E-state index contributed by atoms with van der Waals surface area (Å²) in [5, 5.41) is 1.09. The van der Waals surface area contributed by atoms with E-state index >= 15 is 0 Å². The minimum absolute atomic E-state index is 0.252. The molecule has 0 radical (unpaired) electrons. The molecule has 0 unspecified atom stereocenters. The van der Waals surface area contributed by atoms with Crippen LogP contribution in [0.15, 0.2) is 30.5 Å². The minimum Gasteiger partial charge on any atom is -0.365 e. The molecule has 0 aliphatic carbocycles. The van der Waals surface area contributed by atoms with Gasteiger partial charge in [-0.2, -0.15) is 0 Å². The molecule has 1 aliphatic rings. The Morgan fingerprint density at radius 2 is 2.22 bits per heavy atom. The van der Waals surface area contributed by atoms with E-state index < -0.39 is 0 Å². The molecule has 0 bridgehead atoms. The van der Waals surface area contributed by atoms with Crippen molar-refractivity contribution in [3.8, 4) is 0 Å². The van der Waals surface area contributed by atoms with E-state index in [2.05, 4.69) is 9.88 Å². The molecule has 1 aliphatic heterocycles. The van der Waals surface area contributed by atoms with Gasteiger partial charge >= 0.3 is 0 Å². The number of hydrogen-bond donors (Lipinski definition) is 0. The normalized spacial score (nSPS) is 14.7. The van der Waals surface area contributed by atoms with E-state index in [-0.39, 0.29) is 5.78 Å². The van der Waals surface area contributed by atoms with E-state index in [1.807, 2.05) is 37.4 Å². The average Bonchev–Trinajstić information content (AvgIpc) is 2.79. The van der Waals surface area contributed by atoms with Crippen molar-refractivity contribution in [2.24, 2.45) is 0 Å². The fourth-order valence-electron chi connectivity index (χ4n) is 2.31. The summed E-state index contributed by atoms with van der Waals surface area (Å²) in [6.45, 7) is 3.66. The third-order valence-electron chi connectivity index (χ3n) is 3.17. The second-order valence-electron chi connectivity index (χ2n) is 4.46. The van der Waals surface area contributed by atoms with E-state index in [1.165, 1.54) is 4.88 Å². The summed E-state index contributed by atoms with van der Waals surface area (Å²) in [5.41, 5.74) is 1.91. The first-order chi connectivity index (χ1) is 8.74. The molecule has 18 heavy (non-hydrogen) atoms. The van der Waals surface area contributed by atoms with Gasteiger partial charge in [0.15, 0.2) is 5.78 Å². The minimum atomic E-state index is 0.252. The number of benzene rings is 1. The predicted octanol–water partition coefficient (Wildman–Crippen LogP) is 3.04. The van der Waals surface area contributed by atoms with Gasteiger partial charge in [0, 0.05) is 35.3 Å². The van der Waals surface area contributed by atoms with Gasteiger partial charge < -0.3 is 4.90 Å². The largest absolute Gasteiger partial charge is 0.365 e.